The van der Waals surface area contributed by atoms with Gasteiger partial charge >= 0.3 is 12.1 Å². The molecule has 5 N–H and O–H groups in total. The first-order chi connectivity index (χ1) is 17.2. The molecule has 1 rings (SSSR count). The smallest absolute Gasteiger partial charge is 0.408 e. The van der Waals surface area contributed by atoms with E-state index in [0.29, 0.717) is 11.1 Å². The number of nitrogens with two attached hydrogens (primary N) is 1. The molecule has 2 atom stereocenters. The fourth-order valence-corrected chi connectivity index (χ4v) is 3.58. The van der Waals surface area contributed by atoms with E-state index in [1.165, 1.54) is 7.11 Å². The van der Waals surface area contributed by atoms with Gasteiger partial charge in [0.05, 0.1) is 13.7 Å². The highest BCUT2D eigenvalue weighted by Gasteiger charge is 2.37. The van der Waals surface area contributed by atoms with E-state index in [1.807, 2.05) is 13.0 Å². The number of carbonyl (C=O) groups excluding carboxylic acids is 5. The fourth-order valence-electron chi connectivity index (χ4n) is 3.58. The summed E-state index contributed by atoms with van der Waals surface area (Å²) in [6.07, 6.45) is -1.31. The van der Waals surface area contributed by atoms with Crippen molar-refractivity contribution >= 4 is 29.8 Å². The van der Waals surface area contributed by atoms with E-state index in [-0.39, 0.29) is 19.4 Å². The summed E-state index contributed by atoms with van der Waals surface area (Å²) < 4.78 is 9.83. The molecule has 0 aliphatic rings. The number of amides is 4. The van der Waals surface area contributed by atoms with Crippen LogP contribution in [0.1, 0.15) is 56.3 Å². The van der Waals surface area contributed by atoms with E-state index in [0.717, 1.165) is 10.5 Å². The Kier molecular flexibility index (Phi) is 12.0. The standard InChI is InChI=1S/C25H38N4O8/c1-15-7-8-17(16(2)13-15)21(22(33)27-14-20(32)36-6)29(11-12-30)23(34)18(9-10-19(26)31)28-24(35)37-25(3,4)5/h7-8,13,18,21,30H,9-12,14H2,1-6H3,(H2,26,31)(H,27,33)(H,28,35). The van der Waals surface area contributed by atoms with E-state index < -0.39 is 60.6 Å². The molecule has 0 saturated carbocycles. The molecular weight excluding hydrogens is 484 g/mol. The van der Waals surface area contributed by atoms with Crippen molar-refractivity contribution in [1.82, 2.24) is 15.5 Å². The van der Waals surface area contributed by atoms with Crippen LogP contribution < -0.4 is 16.4 Å². The number of hydrogen-bond acceptors (Lipinski definition) is 8. The lowest BCUT2D eigenvalue weighted by Crippen LogP contribution is -2.54. The summed E-state index contributed by atoms with van der Waals surface area (Å²) in [7, 11) is 1.17. The molecular formula is C25H38N4O8. The molecule has 37 heavy (non-hydrogen) atoms. The SMILES string of the molecule is COC(=O)CNC(=O)C(c1ccc(C)cc1C)N(CCO)C(=O)C(CCC(N)=O)NC(=O)OC(C)(C)C. The van der Waals surface area contributed by atoms with Crippen LogP contribution in [0.3, 0.4) is 0 Å². The number of nitrogens with zero attached hydrogens (tertiary/aromatic N) is 1. The van der Waals surface area contributed by atoms with Gasteiger partial charge in [-0.3, -0.25) is 19.2 Å². The molecule has 0 aromatic heterocycles. The summed E-state index contributed by atoms with van der Waals surface area (Å²) in [6.45, 7) is 7.32. The van der Waals surface area contributed by atoms with Crippen molar-refractivity contribution in [2.24, 2.45) is 5.73 Å². The Bertz CT molecular complexity index is 989. The molecule has 0 spiro atoms. The van der Waals surface area contributed by atoms with E-state index in [1.54, 1.807) is 39.8 Å². The molecule has 0 fully saturated rings. The van der Waals surface area contributed by atoms with E-state index in [4.69, 9.17) is 10.5 Å². The quantitative estimate of drug-likeness (QED) is 0.289. The number of primary amides is 1. The molecule has 206 valence electrons. The minimum absolute atomic E-state index is 0.168. The highest BCUT2D eigenvalue weighted by molar-refractivity contribution is 5.93. The zero-order valence-corrected chi connectivity index (χ0v) is 22.3. The number of nitrogens with one attached hydrogen (secondary N) is 2. The number of carbonyl (C=O) groups is 5. The number of aryl methyl sites for hydroxylation is 2. The van der Waals surface area contributed by atoms with Crippen molar-refractivity contribution in [1.29, 1.82) is 0 Å². The zero-order valence-electron chi connectivity index (χ0n) is 22.3. The van der Waals surface area contributed by atoms with Crippen molar-refractivity contribution in [2.45, 2.75) is 65.1 Å². The Morgan fingerprint density at radius 3 is 2.30 bits per heavy atom. The third kappa shape index (κ3) is 10.5. The molecule has 0 aliphatic heterocycles. The van der Waals surface area contributed by atoms with Crippen LogP contribution in [-0.4, -0.2) is 78.2 Å². The van der Waals surface area contributed by atoms with Crippen LogP contribution in [0, 0.1) is 13.8 Å². The predicted molar refractivity (Wildman–Crippen MR) is 134 cm³/mol. The summed E-state index contributed by atoms with van der Waals surface area (Å²) in [5.74, 6) is -2.85. The molecule has 1 aromatic rings. The third-order valence-electron chi connectivity index (χ3n) is 5.21. The minimum atomic E-state index is -1.30. The maximum absolute atomic E-state index is 13.8. The third-order valence-corrected chi connectivity index (χ3v) is 5.21. The Morgan fingerprint density at radius 2 is 1.78 bits per heavy atom. The number of aliphatic hydroxyl groups excluding tert-OH is 1. The Balaban J connectivity index is 3.49. The summed E-state index contributed by atoms with van der Waals surface area (Å²) in [4.78, 5) is 63.8. The van der Waals surface area contributed by atoms with E-state index >= 15 is 0 Å². The maximum Gasteiger partial charge on any atom is 0.408 e. The van der Waals surface area contributed by atoms with Gasteiger partial charge in [0, 0.05) is 13.0 Å². The second kappa shape index (κ2) is 14.2. The Morgan fingerprint density at radius 1 is 1.14 bits per heavy atom. The number of benzene rings is 1. The van der Waals surface area contributed by atoms with Gasteiger partial charge in [-0.15, -0.1) is 0 Å². The molecule has 4 amide bonds. The van der Waals surface area contributed by atoms with Gasteiger partial charge in [-0.2, -0.15) is 0 Å². The lowest BCUT2D eigenvalue weighted by atomic mass is 9.96. The first-order valence-electron chi connectivity index (χ1n) is 11.8. The van der Waals surface area contributed by atoms with Gasteiger partial charge < -0.3 is 35.8 Å². The van der Waals surface area contributed by atoms with Crippen LogP contribution in [0.4, 0.5) is 4.79 Å². The number of aliphatic hydroxyl groups is 1. The van der Waals surface area contributed by atoms with Crippen molar-refractivity contribution < 1.29 is 38.6 Å². The van der Waals surface area contributed by atoms with Crippen LogP contribution in [0.15, 0.2) is 18.2 Å². The first-order valence-corrected chi connectivity index (χ1v) is 11.8. The second-order valence-electron chi connectivity index (χ2n) is 9.52. The largest absolute Gasteiger partial charge is 0.468 e. The second-order valence-corrected chi connectivity index (χ2v) is 9.52. The number of methoxy groups -OCH3 is 1. The van der Waals surface area contributed by atoms with Crippen LogP contribution >= 0.6 is 0 Å². The van der Waals surface area contributed by atoms with Gasteiger partial charge in [0.15, 0.2) is 0 Å². The predicted octanol–water partition coefficient (Wildman–Crippen LogP) is 0.613. The van der Waals surface area contributed by atoms with Gasteiger partial charge in [0.2, 0.25) is 17.7 Å². The topological polar surface area (TPSA) is 177 Å². The van der Waals surface area contributed by atoms with Gasteiger partial charge in [-0.05, 0) is 52.2 Å². The summed E-state index contributed by atoms with van der Waals surface area (Å²) in [6, 6.07) is 2.68. The van der Waals surface area contributed by atoms with Crippen LogP contribution in [0.25, 0.3) is 0 Å². The van der Waals surface area contributed by atoms with Gasteiger partial charge in [0.1, 0.15) is 24.2 Å². The minimum Gasteiger partial charge on any atom is -0.468 e. The molecule has 2 unspecified atom stereocenters. The average molecular weight is 523 g/mol. The lowest BCUT2D eigenvalue weighted by molar-refractivity contribution is -0.145. The zero-order chi connectivity index (χ0) is 28.3. The molecule has 12 nitrogen and oxygen atoms in total. The van der Waals surface area contributed by atoms with Crippen molar-refractivity contribution in [3.63, 3.8) is 0 Å². The van der Waals surface area contributed by atoms with Crippen LogP contribution in [0.5, 0.6) is 0 Å². The maximum atomic E-state index is 13.8. The van der Waals surface area contributed by atoms with Crippen molar-refractivity contribution in [3.05, 3.63) is 34.9 Å². The summed E-state index contributed by atoms with van der Waals surface area (Å²) in [5, 5.41) is 14.7. The molecule has 0 saturated heterocycles. The highest BCUT2D eigenvalue weighted by Crippen LogP contribution is 2.26. The van der Waals surface area contributed by atoms with E-state index in [9.17, 15) is 29.1 Å². The Hall–Kier alpha value is -3.67. The molecule has 0 bridgehead atoms. The van der Waals surface area contributed by atoms with Gasteiger partial charge in [0.25, 0.3) is 0 Å². The molecule has 0 heterocycles. The van der Waals surface area contributed by atoms with Crippen molar-refractivity contribution in [2.75, 3.05) is 26.8 Å². The van der Waals surface area contributed by atoms with Gasteiger partial charge in [-0.1, -0.05) is 23.8 Å². The number of ether oxygens (including phenoxy) is 2. The Labute approximate surface area is 216 Å². The lowest BCUT2D eigenvalue weighted by Gasteiger charge is -2.34. The number of hydrogen-bond donors (Lipinski definition) is 4. The number of alkyl carbamates (subject to hydrolysis) is 1. The average Bonchev–Trinajstić information content (AvgIpc) is 2.79. The van der Waals surface area contributed by atoms with Crippen molar-refractivity contribution in [3.8, 4) is 0 Å². The first kappa shape index (κ1) is 31.4. The number of rotatable bonds is 12. The molecule has 12 heteroatoms. The molecule has 0 radical (unpaired) electrons. The molecule has 0 aliphatic carbocycles. The summed E-state index contributed by atoms with van der Waals surface area (Å²) in [5.41, 5.74) is 6.45. The normalized spacial score (nSPS) is 12.6. The fraction of sp³-hybridized carbons (Fsp3) is 0.560. The van der Waals surface area contributed by atoms with Crippen LogP contribution in [0.2, 0.25) is 0 Å². The summed E-state index contributed by atoms with van der Waals surface area (Å²) >= 11 is 0. The van der Waals surface area contributed by atoms with Gasteiger partial charge in [-0.25, -0.2) is 4.79 Å². The highest BCUT2D eigenvalue weighted by atomic mass is 16.6. The van der Waals surface area contributed by atoms with E-state index in [2.05, 4.69) is 15.4 Å². The monoisotopic (exact) mass is 522 g/mol. The molecule has 1 aromatic carbocycles. The van der Waals surface area contributed by atoms with Crippen LogP contribution in [-0.2, 0) is 28.7 Å². The number of esters is 1.